The number of carbonyl (C=O) groups is 1. The van der Waals surface area contributed by atoms with Crippen LogP contribution in [0.25, 0.3) is 21.8 Å². The van der Waals surface area contributed by atoms with E-state index in [0.29, 0.717) is 43.2 Å². The van der Waals surface area contributed by atoms with Gasteiger partial charge < -0.3 is 19.9 Å². The summed E-state index contributed by atoms with van der Waals surface area (Å²) < 4.78 is 5.56. The number of anilines is 2. The zero-order valence-corrected chi connectivity index (χ0v) is 23.8. The van der Waals surface area contributed by atoms with Crippen LogP contribution < -0.4 is 10.2 Å². The Morgan fingerprint density at radius 2 is 1.84 bits per heavy atom. The molecule has 202 valence electrons. The lowest BCUT2D eigenvalue weighted by Gasteiger charge is -2.35. The molecule has 0 atom stereocenters. The number of ether oxygens (including phenoxy) is 1. The number of carbonyl (C=O) groups excluding carboxylic acids is 1. The first-order valence-electron chi connectivity index (χ1n) is 13.3. The van der Waals surface area contributed by atoms with Crippen LogP contribution in [-0.2, 0) is 4.74 Å². The molecule has 1 aliphatic carbocycles. The number of benzene rings is 1. The molecular weight excluding hydrogens is 520 g/mol. The van der Waals surface area contributed by atoms with Gasteiger partial charge in [-0.2, -0.15) is 0 Å². The van der Waals surface area contributed by atoms with Gasteiger partial charge >= 0.3 is 6.09 Å². The Morgan fingerprint density at radius 1 is 1.08 bits per heavy atom. The van der Waals surface area contributed by atoms with E-state index in [1.54, 1.807) is 16.2 Å². The van der Waals surface area contributed by atoms with E-state index in [-0.39, 0.29) is 6.09 Å². The molecule has 5 rings (SSSR count). The van der Waals surface area contributed by atoms with Crippen molar-refractivity contribution in [2.24, 2.45) is 0 Å². The number of amides is 1. The molecule has 8 nitrogen and oxygen atoms in total. The molecule has 1 saturated heterocycles. The van der Waals surface area contributed by atoms with Gasteiger partial charge in [0.15, 0.2) is 5.13 Å². The number of hydrogen-bond acceptors (Lipinski definition) is 8. The SMILES string of the molecule is CC(C)(C)OC(=O)N1CCN(c2nc(-c3cccc(Cl)c3)c(-c3ccnc(NC4CCCCC4)n3)s2)CC1. The third-order valence-corrected chi connectivity index (χ3v) is 8.12. The minimum atomic E-state index is -0.507. The number of rotatable bonds is 5. The van der Waals surface area contributed by atoms with Crippen LogP contribution >= 0.6 is 22.9 Å². The zero-order chi connectivity index (χ0) is 26.7. The molecule has 2 fully saturated rings. The highest BCUT2D eigenvalue weighted by molar-refractivity contribution is 7.19. The first-order valence-corrected chi connectivity index (χ1v) is 14.5. The molecule has 38 heavy (non-hydrogen) atoms. The second-order valence-corrected chi connectivity index (χ2v) is 12.3. The van der Waals surface area contributed by atoms with Gasteiger partial charge in [0, 0.05) is 49.0 Å². The molecule has 1 saturated carbocycles. The number of halogens is 1. The van der Waals surface area contributed by atoms with Gasteiger partial charge in [-0.15, -0.1) is 0 Å². The normalized spacial score (nSPS) is 16.9. The lowest BCUT2D eigenvalue weighted by molar-refractivity contribution is 0.0240. The summed E-state index contributed by atoms with van der Waals surface area (Å²) in [6.45, 7) is 8.19. The number of nitrogens with zero attached hydrogens (tertiary/aromatic N) is 5. The largest absolute Gasteiger partial charge is 0.444 e. The van der Waals surface area contributed by atoms with Crippen molar-refractivity contribution >= 4 is 40.1 Å². The summed E-state index contributed by atoms with van der Waals surface area (Å²) in [7, 11) is 0. The molecule has 0 bridgehead atoms. The van der Waals surface area contributed by atoms with Crippen molar-refractivity contribution in [1.29, 1.82) is 0 Å². The van der Waals surface area contributed by atoms with Crippen molar-refractivity contribution in [3.05, 3.63) is 41.6 Å². The Hall–Kier alpha value is -2.91. The smallest absolute Gasteiger partial charge is 0.410 e. The van der Waals surface area contributed by atoms with Crippen molar-refractivity contribution < 1.29 is 9.53 Å². The van der Waals surface area contributed by atoms with Crippen molar-refractivity contribution in [3.8, 4) is 21.8 Å². The first kappa shape index (κ1) is 26.7. The van der Waals surface area contributed by atoms with E-state index in [2.05, 4.69) is 15.2 Å². The first-order chi connectivity index (χ1) is 18.2. The quantitative estimate of drug-likeness (QED) is 0.374. The van der Waals surface area contributed by atoms with Crippen LogP contribution in [0.15, 0.2) is 36.5 Å². The Kier molecular flexibility index (Phi) is 8.04. The minimum absolute atomic E-state index is 0.268. The summed E-state index contributed by atoms with van der Waals surface area (Å²) in [5.74, 6) is 0.660. The average Bonchev–Trinajstić information content (AvgIpc) is 3.34. The number of piperazine rings is 1. The number of thiazole rings is 1. The summed E-state index contributed by atoms with van der Waals surface area (Å²) in [5, 5.41) is 5.11. The predicted octanol–water partition coefficient (Wildman–Crippen LogP) is 6.72. The van der Waals surface area contributed by atoms with E-state index in [4.69, 9.17) is 26.3 Å². The lowest BCUT2D eigenvalue weighted by atomic mass is 9.96. The van der Waals surface area contributed by atoms with E-state index in [9.17, 15) is 4.79 Å². The predicted molar refractivity (Wildman–Crippen MR) is 154 cm³/mol. The van der Waals surface area contributed by atoms with Crippen LogP contribution in [0.2, 0.25) is 5.02 Å². The minimum Gasteiger partial charge on any atom is -0.444 e. The topological polar surface area (TPSA) is 83.5 Å². The number of aromatic nitrogens is 3. The second kappa shape index (κ2) is 11.5. The molecule has 3 aromatic rings. The highest BCUT2D eigenvalue weighted by atomic mass is 35.5. The van der Waals surface area contributed by atoms with E-state index in [0.717, 1.165) is 39.8 Å². The van der Waals surface area contributed by atoms with Gasteiger partial charge in [-0.05, 0) is 51.8 Å². The van der Waals surface area contributed by atoms with E-state index >= 15 is 0 Å². The van der Waals surface area contributed by atoms with Gasteiger partial charge in [0.2, 0.25) is 5.95 Å². The van der Waals surface area contributed by atoms with Crippen LogP contribution in [-0.4, -0.2) is 63.8 Å². The monoisotopic (exact) mass is 554 g/mol. The van der Waals surface area contributed by atoms with E-state index < -0.39 is 5.60 Å². The summed E-state index contributed by atoms with van der Waals surface area (Å²) in [6, 6.07) is 10.1. The van der Waals surface area contributed by atoms with Crippen LogP contribution in [0, 0.1) is 0 Å². The number of nitrogens with one attached hydrogen (secondary N) is 1. The van der Waals surface area contributed by atoms with Gasteiger partial charge in [0.05, 0.1) is 16.3 Å². The molecule has 10 heteroatoms. The van der Waals surface area contributed by atoms with Crippen LogP contribution in [0.5, 0.6) is 0 Å². The molecule has 2 aliphatic rings. The molecule has 0 unspecified atom stereocenters. The lowest BCUT2D eigenvalue weighted by Crippen LogP contribution is -2.50. The Bertz CT molecular complexity index is 1260. The van der Waals surface area contributed by atoms with Crippen LogP contribution in [0.3, 0.4) is 0 Å². The molecule has 0 radical (unpaired) electrons. The highest BCUT2D eigenvalue weighted by Gasteiger charge is 2.28. The standard InChI is InChI=1S/C28H35ClN6O2S/c1-28(2,3)37-27(36)35-16-14-34(15-17-35)26-33-23(19-8-7-9-20(29)18-19)24(38-26)22-12-13-30-25(32-22)31-21-10-5-4-6-11-21/h7-9,12-13,18,21H,4-6,10-11,14-17H2,1-3H3,(H,30,31,32). The Morgan fingerprint density at radius 3 is 2.55 bits per heavy atom. The summed E-state index contributed by atoms with van der Waals surface area (Å²) in [5.41, 5.74) is 2.13. The summed E-state index contributed by atoms with van der Waals surface area (Å²) in [4.78, 5) is 32.0. The van der Waals surface area contributed by atoms with Gasteiger partial charge in [-0.1, -0.05) is 54.3 Å². The highest BCUT2D eigenvalue weighted by Crippen LogP contribution is 2.40. The second-order valence-electron chi connectivity index (χ2n) is 10.9. The fourth-order valence-corrected chi connectivity index (χ4v) is 6.14. The molecule has 1 amide bonds. The van der Waals surface area contributed by atoms with Crippen molar-refractivity contribution in [2.45, 2.75) is 64.5 Å². The maximum absolute atomic E-state index is 12.5. The molecule has 3 heterocycles. The maximum atomic E-state index is 12.5. The van der Waals surface area contributed by atoms with Crippen LogP contribution in [0.4, 0.5) is 15.9 Å². The van der Waals surface area contributed by atoms with Gasteiger partial charge in [0.1, 0.15) is 5.60 Å². The summed E-state index contributed by atoms with van der Waals surface area (Å²) in [6.07, 6.45) is 7.65. The molecule has 2 aromatic heterocycles. The Labute approximate surface area is 233 Å². The average molecular weight is 555 g/mol. The zero-order valence-electron chi connectivity index (χ0n) is 22.2. The molecular formula is C28H35ClN6O2S. The van der Waals surface area contributed by atoms with Gasteiger partial charge in [0.25, 0.3) is 0 Å². The summed E-state index contributed by atoms with van der Waals surface area (Å²) >= 11 is 7.97. The fraction of sp³-hybridized carbons (Fsp3) is 0.500. The van der Waals surface area contributed by atoms with Crippen LogP contribution in [0.1, 0.15) is 52.9 Å². The van der Waals surface area contributed by atoms with Crippen molar-refractivity contribution in [3.63, 3.8) is 0 Å². The van der Waals surface area contributed by atoms with E-state index in [1.165, 1.54) is 19.3 Å². The van der Waals surface area contributed by atoms with E-state index in [1.807, 2.05) is 57.3 Å². The number of hydrogen-bond donors (Lipinski definition) is 1. The third kappa shape index (κ3) is 6.56. The fourth-order valence-electron chi connectivity index (χ4n) is 4.84. The van der Waals surface area contributed by atoms with Crippen molar-refractivity contribution in [1.82, 2.24) is 19.9 Å². The Balaban J connectivity index is 1.40. The van der Waals surface area contributed by atoms with Gasteiger partial charge in [-0.25, -0.2) is 19.7 Å². The third-order valence-electron chi connectivity index (χ3n) is 6.74. The molecule has 0 spiro atoms. The van der Waals surface area contributed by atoms with Gasteiger partial charge in [-0.3, -0.25) is 0 Å². The molecule has 1 N–H and O–H groups in total. The maximum Gasteiger partial charge on any atom is 0.410 e. The van der Waals surface area contributed by atoms with Crippen molar-refractivity contribution in [2.75, 3.05) is 36.4 Å². The molecule has 1 aromatic carbocycles. The molecule has 1 aliphatic heterocycles.